The van der Waals surface area contributed by atoms with E-state index in [1.54, 1.807) is 6.20 Å². The second-order valence-electron chi connectivity index (χ2n) is 6.14. The van der Waals surface area contributed by atoms with Gasteiger partial charge in [-0.05, 0) is 31.0 Å². The number of nitrogens with one attached hydrogen (secondary N) is 2. The Morgan fingerprint density at radius 1 is 1.27 bits per heavy atom. The van der Waals surface area contributed by atoms with E-state index in [1.807, 2.05) is 36.2 Å². The standard InChI is InChI=1S/C18H20N6OS/c1-19-14-10-13-16(26-14)15(17(25)24-8-4-5-9-24)23-18(22-13)21-11-12-6-2-3-7-20-12/h2-3,6-7,10,19H,4-5,8-9,11H2,1H3,(H,21,22,23). The van der Waals surface area contributed by atoms with Gasteiger partial charge in [-0.25, -0.2) is 9.97 Å². The molecule has 7 nitrogen and oxygen atoms in total. The van der Waals surface area contributed by atoms with Crippen LogP contribution in [-0.2, 0) is 6.54 Å². The predicted octanol–water partition coefficient (Wildman–Crippen LogP) is 2.98. The van der Waals surface area contributed by atoms with Gasteiger partial charge < -0.3 is 15.5 Å². The molecule has 1 saturated heterocycles. The second kappa shape index (κ2) is 7.25. The molecule has 1 aliphatic rings. The van der Waals surface area contributed by atoms with E-state index in [-0.39, 0.29) is 5.91 Å². The van der Waals surface area contributed by atoms with Gasteiger partial charge in [0.25, 0.3) is 5.91 Å². The third-order valence-electron chi connectivity index (χ3n) is 4.37. The van der Waals surface area contributed by atoms with Gasteiger partial charge in [-0.2, -0.15) is 0 Å². The SMILES string of the molecule is CNc1cc2nc(NCc3ccccn3)nc(C(=O)N3CCCC3)c2s1. The number of hydrogen-bond acceptors (Lipinski definition) is 7. The molecule has 2 N–H and O–H groups in total. The zero-order chi connectivity index (χ0) is 17.9. The van der Waals surface area contributed by atoms with Crippen molar-refractivity contribution < 1.29 is 4.79 Å². The zero-order valence-electron chi connectivity index (χ0n) is 14.5. The topological polar surface area (TPSA) is 83.0 Å². The highest BCUT2D eigenvalue weighted by Crippen LogP contribution is 2.32. The molecule has 0 unspecified atom stereocenters. The molecule has 0 aliphatic carbocycles. The number of nitrogens with zero attached hydrogens (tertiary/aromatic N) is 4. The van der Waals surface area contributed by atoms with E-state index in [1.165, 1.54) is 11.3 Å². The number of likely N-dealkylation sites (tertiary alicyclic amines) is 1. The second-order valence-corrected chi connectivity index (χ2v) is 7.20. The van der Waals surface area contributed by atoms with Gasteiger partial charge in [0.1, 0.15) is 0 Å². The number of aromatic nitrogens is 3. The Hall–Kier alpha value is -2.74. The average molecular weight is 368 g/mol. The Morgan fingerprint density at radius 3 is 2.85 bits per heavy atom. The Balaban J connectivity index is 1.68. The molecule has 1 amide bonds. The van der Waals surface area contributed by atoms with Crippen LogP contribution in [0.4, 0.5) is 10.9 Å². The molecule has 0 spiro atoms. The maximum atomic E-state index is 13.0. The lowest BCUT2D eigenvalue weighted by molar-refractivity contribution is 0.0789. The fourth-order valence-corrected chi connectivity index (χ4v) is 3.95. The average Bonchev–Trinajstić information content (AvgIpc) is 3.35. The molecule has 0 bridgehead atoms. The van der Waals surface area contributed by atoms with Crippen LogP contribution in [0, 0.1) is 0 Å². The third kappa shape index (κ3) is 3.32. The highest BCUT2D eigenvalue weighted by Gasteiger charge is 2.25. The quantitative estimate of drug-likeness (QED) is 0.720. The Morgan fingerprint density at radius 2 is 2.12 bits per heavy atom. The number of amides is 1. The number of rotatable bonds is 5. The summed E-state index contributed by atoms with van der Waals surface area (Å²) in [4.78, 5) is 28.3. The number of thiophene rings is 1. The molecule has 8 heteroatoms. The van der Waals surface area contributed by atoms with Crippen molar-refractivity contribution in [2.75, 3.05) is 30.8 Å². The molecule has 0 radical (unpaired) electrons. The monoisotopic (exact) mass is 368 g/mol. The van der Waals surface area contributed by atoms with Crippen molar-refractivity contribution >= 4 is 38.4 Å². The lowest BCUT2D eigenvalue weighted by Crippen LogP contribution is -2.28. The van der Waals surface area contributed by atoms with E-state index in [4.69, 9.17) is 0 Å². The number of anilines is 2. The summed E-state index contributed by atoms with van der Waals surface area (Å²) in [6.45, 7) is 2.10. The van der Waals surface area contributed by atoms with Crippen LogP contribution in [0.15, 0.2) is 30.5 Å². The summed E-state index contributed by atoms with van der Waals surface area (Å²) in [5.74, 6) is 0.437. The van der Waals surface area contributed by atoms with Crippen LogP contribution in [0.1, 0.15) is 29.0 Å². The van der Waals surface area contributed by atoms with Crippen molar-refractivity contribution in [3.63, 3.8) is 0 Å². The summed E-state index contributed by atoms with van der Waals surface area (Å²) in [5.41, 5.74) is 2.15. The fraction of sp³-hybridized carbons (Fsp3) is 0.333. The molecule has 0 saturated carbocycles. The van der Waals surface area contributed by atoms with E-state index >= 15 is 0 Å². The van der Waals surface area contributed by atoms with Gasteiger partial charge >= 0.3 is 0 Å². The van der Waals surface area contributed by atoms with Crippen LogP contribution < -0.4 is 10.6 Å². The van der Waals surface area contributed by atoms with E-state index < -0.39 is 0 Å². The first-order valence-electron chi connectivity index (χ1n) is 8.67. The minimum Gasteiger partial charge on any atom is -0.380 e. The number of carbonyl (C=O) groups excluding carboxylic acids is 1. The summed E-state index contributed by atoms with van der Waals surface area (Å²) >= 11 is 1.51. The lowest BCUT2D eigenvalue weighted by atomic mass is 10.3. The first-order chi connectivity index (χ1) is 12.7. The molecule has 0 atom stereocenters. The fourth-order valence-electron chi connectivity index (χ4n) is 3.02. The molecular formula is C18H20N6OS. The number of fused-ring (bicyclic) bond motifs is 1. The van der Waals surface area contributed by atoms with Crippen LogP contribution >= 0.6 is 11.3 Å². The molecule has 134 valence electrons. The maximum Gasteiger partial charge on any atom is 0.274 e. The summed E-state index contributed by atoms with van der Waals surface area (Å²) < 4.78 is 0.828. The van der Waals surface area contributed by atoms with Crippen molar-refractivity contribution in [2.45, 2.75) is 19.4 Å². The van der Waals surface area contributed by atoms with Crippen molar-refractivity contribution in [1.82, 2.24) is 19.9 Å². The number of pyridine rings is 1. The zero-order valence-corrected chi connectivity index (χ0v) is 15.3. The highest BCUT2D eigenvalue weighted by molar-refractivity contribution is 7.23. The Bertz CT molecular complexity index is 920. The first-order valence-corrected chi connectivity index (χ1v) is 9.48. The minimum absolute atomic E-state index is 0.0136. The van der Waals surface area contributed by atoms with Gasteiger partial charge in [-0.3, -0.25) is 9.78 Å². The van der Waals surface area contributed by atoms with E-state index in [9.17, 15) is 4.79 Å². The normalized spacial score (nSPS) is 14.0. The lowest BCUT2D eigenvalue weighted by Gasteiger charge is -2.15. The molecule has 4 heterocycles. The summed E-state index contributed by atoms with van der Waals surface area (Å²) in [6, 6.07) is 7.71. The smallest absolute Gasteiger partial charge is 0.274 e. The van der Waals surface area contributed by atoms with Crippen LogP contribution in [0.5, 0.6) is 0 Å². The van der Waals surface area contributed by atoms with Gasteiger partial charge in [0.2, 0.25) is 5.95 Å². The van der Waals surface area contributed by atoms with Crippen molar-refractivity contribution in [3.05, 3.63) is 41.9 Å². The first kappa shape index (κ1) is 16.7. The third-order valence-corrected chi connectivity index (χ3v) is 5.52. The Labute approximate surface area is 155 Å². The number of hydrogen-bond donors (Lipinski definition) is 2. The molecule has 26 heavy (non-hydrogen) atoms. The van der Waals surface area contributed by atoms with Gasteiger partial charge in [0.15, 0.2) is 5.69 Å². The van der Waals surface area contributed by atoms with E-state index in [0.717, 1.165) is 46.8 Å². The highest BCUT2D eigenvalue weighted by atomic mass is 32.1. The molecule has 3 aromatic heterocycles. The summed E-state index contributed by atoms with van der Waals surface area (Å²) in [7, 11) is 1.86. The molecule has 4 rings (SSSR count). The van der Waals surface area contributed by atoms with Crippen molar-refractivity contribution in [3.8, 4) is 0 Å². The van der Waals surface area contributed by atoms with Crippen LogP contribution in [0.25, 0.3) is 10.2 Å². The van der Waals surface area contributed by atoms with E-state index in [0.29, 0.717) is 18.2 Å². The van der Waals surface area contributed by atoms with Crippen molar-refractivity contribution in [1.29, 1.82) is 0 Å². The Kier molecular flexibility index (Phi) is 4.66. The molecule has 0 aromatic carbocycles. The molecule has 3 aromatic rings. The predicted molar refractivity (Wildman–Crippen MR) is 104 cm³/mol. The van der Waals surface area contributed by atoms with Gasteiger partial charge in [-0.15, -0.1) is 11.3 Å². The van der Waals surface area contributed by atoms with Gasteiger partial charge in [0, 0.05) is 26.3 Å². The van der Waals surface area contributed by atoms with Gasteiger partial charge in [0.05, 0.1) is 27.5 Å². The summed E-state index contributed by atoms with van der Waals surface area (Å²) in [6.07, 6.45) is 3.86. The van der Waals surface area contributed by atoms with Crippen LogP contribution in [0.2, 0.25) is 0 Å². The van der Waals surface area contributed by atoms with Crippen LogP contribution in [0.3, 0.4) is 0 Å². The summed E-state index contributed by atoms with van der Waals surface area (Å²) in [5, 5.41) is 7.28. The largest absolute Gasteiger partial charge is 0.380 e. The van der Waals surface area contributed by atoms with Crippen molar-refractivity contribution in [2.24, 2.45) is 0 Å². The minimum atomic E-state index is -0.0136. The van der Waals surface area contributed by atoms with Gasteiger partial charge in [-0.1, -0.05) is 6.07 Å². The van der Waals surface area contributed by atoms with Crippen LogP contribution in [-0.4, -0.2) is 45.9 Å². The molecule has 1 fully saturated rings. The molecule has 1 aliphatic heterocycles. The number of carbonyl (C=O) groups is 1. The van der Waals surface area contributed by atoms with E-state index in [2.05, 4.69) is 25.6 Å². The molecular weight excluding hydrogens is 348 g/mol. The maximum absolute atomic E-state index is 13.0.